The number of fused-ring (bicyclic) bond motifs is 2. The summed E-state index contributed by atoms with van der Waals surface area (Å²) in [5.74, 6) is -2.01. The molecule has 0 unspecified atom stereocenters. The van der Waals surface area contributed by atoms with Crippen LogP contribution in [0.1, 0.15) is 47.8 Å². The maximum atomic E-state index is 13.2. The predicted molar refractivity (Wildman–Crippen MR) is 106 cm³/mol. The minimum atomic E-state index is -1.25. The molecule has 0 bridgehead atoms. The predicted octanol–water partition coefficient (Wildman–Crippen LogP) is 4.20. The average molecular weight is 389 g/mol. The third-order valence-electron chi connectivity index (χ3n) is 4.68. The Morgan fingerprint density at radius 1 is 0.929 bits per heavy atom. The van der Waals surface area contributed by atoms with E-state index in [1.165, 1.54) is 17.8 Å². The first-order valence-electron chi connectivity index (χ1n) is 8.51. The van der Waals surface area contributed by atoms with Gasteiger partial charge in [-0.05, 0) is 25.1 Å². The molecule has 3 N–H and O–H groups in total. The van der Waals surface area contributed by atoms with Crippen LogP contribution in [0.3, 0.4) is 0 Å². The summed E-state index contributed by atoms with van der Waals surface area (Å²) < 4.78 is 0. The van der Waals surface area contributed by atoms with Gasteiger partial charge in [-0.15, -0.1) is 0 Å². The van der Waals surface area contributed by atoms with Gasteiger partial charge < -0.3 is 10.8 Å². The molecular weight excluding hydrogens is 374 g/mol. The van der Waals surface area contributed by atoms with Crippen molar-refractivity contribution in [3.05, 3.63) is 88.0 Å². The van der Waals surface area contributed by atoms with Gasteiger partial charge in [0.15, 0.2) is 11.6 Å². The molecule has 3 aromatic carbocycles. The second-order valence-electron chi connectivity index (χ2n) is 6.51. The molecule has 5 nitrogen and oxygen atoms in total. The molecule has 0 spiro atoms. The van der Waals surface area contributed by atoms with Gasteiger partial charge >= 0.3 is 5.97 Å². The number of carboxylic acids is 1. The zero-order valence-electron chi connectivity index (χ0n) is 14.9. The quantitative estimate of drug-likeness (QED) is 0.510. The van der Waals surface area contributed by atoms with E-state index in [1.54, 1.807) is 24.3 Å². The second kappa shape index (κ2) is 6.65. The number of anilines is 1. The molecule has 0 saturated heterocycles. The van der Waals surface area contributed by atoms with Crippen molar-refractivity contribution in [1.29, 1.82) is 0 Å². The van der Waals surface area contributed by atoms with Crippen molar-refractivity contribution in [2.24, 2.45) is 0 Å². The summed E-state index contributed by atoms with van der Waals surface area (Å²) in [6.45, 7) is 1.96. The summed E-state index contributed by atoms with van der Waals surface area (Å²) in [4.78, 5) is 39.2. The lowest BCUT2D eigenvalue weighted by Gasteiger charge is -2.22. The first-order valence-corrected chi connectivity index (χ1v) is 9.33. The molecule has 3 aromatic rings. The van der Waals surface area contributed by atoms with Crippen LogP contribution >= 0.6 is 11.8 Å². The lowest BCUT2D eigenvalue weighted by molar-refractivity contribution is 0.0697. The molecule has 0 radical (unpaired) electrons. The Morgan fingerprint density at radius 3 is 2.07 bits per heavy atom. The molecule has 1 aliphatic carbocycles. The summed E-state index contributed by atoms with van der Waals surface area (Å²) in [5, 5.41) is 9.56. The van der Waals surface area contributed by atoms with E-state index in [0.29, 0.717) is 10.5 Å². The normalized spacial score (nSPS) is 12.5. The Bertz CT molecular complexity index is 1170. The lowest BCUT2D eigenvalue weighted by atomic mass is 9.82. The third kappa shape index (κ3) is 2.78. The first-order chi connectivity index (χ1) is 13.4. The van der Waals surface area contributed by atoms with Crippen LogP contribution in [0.15, 0.2) is 64.4 Å². The average Bonchev–Trinajstić information content (AvgIpc) is 2.68. The van der Waals surface area contributed by atoms with Gasteiger partial charge in [0.05, 0.1) is 16.8 Å². The molecule has 0 aromatic heterocycles. The Kier molecular flexibility index (Phi) is 4.28. The molecular formula is C22H15NO4S. The van der Waals surface area contributed by atoms with Gasteiger partial charge in [-0.2, -0.15) is 0 Å². The van der Waals surface area contributed by atoms with Crippen molar-refractivity contribution in [1.82, 2.24) is 0 Å². The molecule has 6 heteroatoms. The van der Waals surface area contributed by atoms with Crippen molar-refractivity contribution in [2.75, 3.05) is 5.73 Å². The Hall–Kier alpha value is -3.38. The number of ketones is 2. The second-order valence-corrected chi connectivity index (χ2v) is 7.63. The molecule has 0 heterocycles. The van der Waals surface area contributed by atoms with Gasteiger partial charge in [-0.1, -0.05) is 53.7 Å². The highest BCUT2D eigenvalue weighted by molar-refractivity contribution is 7.99. The number of nitrogen functional groups attached to an aromatic ring is 1. The van der Waals surface area contributed by atoms with Crippen LogP contribution in [-0.2, 0) is 0 Å². The van der Waals surface area contributed by atoms with E-state index in [4.69, 9.17) is 5.73 Å². The zero-order chi connectivity index (χ0) is 20.0. The Balaban J connectivity index is 1.98. The molecule has 4 rings (SSSR count). The summed E-state index contributed by atoms with van der Waals surface area (Å²) in [6, 6.07) is 15.5. The number of carbonyl (C=O) groups excluding carboxylic acids is 2. The maximum absolute atomic E-state index is 13.2. The van der Waals surface area contributed by atoms with Crippen LogP contribution in [-0.4, -0.2) is 22.6 Å². The minimum Gasteiger partial charge on any atom is -0.478 e. The van der Waals surface area contributed by atoms with E-state index >= 15 is 0 Å². The first kappa shape index (κ1) is 18.0. The number of aromatic carboxylic acids is 1. The van der Waals surface area contributed by atoms with E-state index in [1.807, 2.05) is 31.2 Å². The molecule has 0 aliphatic heterocycles. The van der Waals surface area contributed by atoms with E-state index in [0.717, 1.165) is 10.5 Å². The molecule has 1 aliphatic rings. The van der Waals surface area contributed by atoms with E-state index < -0.39 is 11.8 Å². The van der Waals surface area contributed by atoms with E-state index in [-0.39, 0.29) is 33.7 Å². The van der Waals surface area contributed by atoms with Crippen molar-refractivity contribution in [3.63, 3.8) is 0 Å². The standard InChI is InChI=1S/C22H15NO4S/c1-11-6-8-12(9-7-11)28-16-10-15(22(26)27)19(23)18-17(16)20(24)13-4-2-3-5-14(13)21(18)25/h2-10H,23H2,1H3,(H,26,27). The smallest absolute Gasteiger partial charge is 0.337 e. The summed E-state index contributed by atoms with van der Waals surface area (Å²) in [5.41, 5.74) is 7.42. The van der Waals surface area contributed by atoms with Crippen molar-refractivity contribution < 1.29 is 19.5 Å². The number of hydrogen-bond acceptors (Lipinski definition) is 5. The highest BCUT2D eigenvalue weighted by Gasteiger charge is 2.35. The fourth-order valence-electron chi connectivity index (χ4n) is 3.27. The molecule has 0 fully saturated rings. The van der Waals surface area contributed by atoms with Crippen molar-refractivity contribution in [3.8, 4) is 0 Å². The van der Waals surface area contributed by atoms with Crippen LogP contribution in [0.4, 0.5) is 5.69 Å². The number of carboxylic acid groups (broad SMARTS) is 1. The zero-order valence-corrected chi connectivity index (χ0v) is 15.7. The molecule has 138 valence electrons. The fourth-order valence-corrected chi connectivity index (χ4v) is 4.27. The molecule has 0 saturated carbocycles. The maximum Gasteiger partial charge on any atom is 0.337 e. The Labute approximate surface area is 165 Å². The fraction of sp³-hybridized carbons (Fsp3) is 0.0455. The van der Waals surface area contributed by atoms with Crippen LogP contribution in [0.2, 0.25) is 0 Å². The summed E-state index contributed by atoms with van der Waals surface area (Å²) in [7, 11) is 0. The van der Waals surface area contributed by atoms with Crippen molar-refractivity contribution >= 4 is 35.0 Å². The number of hydrogen-bond donors (Lipinski definition) is 2. The van der Waals surface area contributed by atoms with Gasteiger partial charge in [-0.25, -0.2) is 4.79 Å². The number of rotatable bonds is 3. The van der Waals surface area contributed by atoms with Gasteiger partial charge in [0.25, 0.3) is 0 Å². The van der Waals surface area contributed by atoms with Gasteiger partial charge in [-0.3, -0.25) is 9.59 Å². The highest BCUT2D eigenvalue weighted by atomic mass is 32.2. The number of nitrogens with two attached hydrogens (primary N) is 1. The van der Waals surface area contributed by atoms with Crippen LogP contribution in [0, 0.1) is 6.92 Å². The molecule has 0 amide bonds. The van der Waals surface area contributed by atoms with Gasteiger partial charge in [0.1, 0.15) is 0 Å². The largest absolute Gasteiger partial charge is 0.478 e. The van der Waals surface area contributed by atoms with E-state index in [9.17, 15) is 19.5 Å². The van der Waals surface area contributed by atoms with Crippen LogP contribution in [0.5, 0.6) is 0 Å². The SMILES string of the molecule is Cc1ccc(Sc2cc(C(=O)O)c(N)c3c2C(=O)c2ccccc2C3=O)cc1. The monoisotopic (exact) mass is 389 g/mol. The number of carbonyl (C=O) groups is 3. The molecule has 0 atom stereocenters. The van der Waals surface area contributed by atoms with Gasteiger partial charge in [0, 0.05) is 26.5 Å². The topological polar surface area (TPSA) is 97.5 Å². The van der Waals surface area contributed by atoms with E-state index in [2.05, 4.69) is 0 Å². The summed E-state index contributed by atoms with van der Waals surface area (Å²) >= 11 is 1.24. The minimum absolute atomic E-state index is 0.0294. The molecule has 28 heavy (non-hydrogen) atoms. The van der Waals surface area contributed by atoms with Crippen LogP contribution in [0.25, 0.3) is 0 Å². The Morgan fingerprint density at radius 2 is 1.50 bits per heavy atom. The summed E-state index contributed by atoms with van der Waals surface area (Å²) in [6.07, 6.45) is 0. The number of aryl methyl sites for hydroxylation is 1. The number of benzene rings is 3. The highest BCUT2D eigenvalue weighted by Crippen LogP contribution is 2.41. The van der Waals surface area contributed by atoms with Gasteiger partial charge in [0.2, 0.25) is 0 Å². The van der Waals surface area contributed by atoms with Crippen LogP contribution < -0.4 is 5.73 Å². The lowest BCUT2D eigenvalue weighted by Crippen LogP contribution is -2.24. The third-order valence-corrected chi connectivity index (χ3v) is 5.73. The van der Waals surface area contributed by atoms with Crippen molar-refractivity contribution in [2.45, 2.75) is 16.7 Å².